The summed E-state index contributed by atoms with van der Waals surface area (Å²) in [5.41, 5.74) is 1.47. The molecule has 1 fully saturated rings. The second-order valence-corrected chi connectivity index (χ2v) is 14.2. The van der Waals surface area contributed by atoms with Crippen molar-refractivity contribution in [3.05, 3.63) is 0 Å². The Morgan fingerprint density at radius 3 is 1.67 bits per heavy atom. The molecule has 0 aliphatic carbocycles. The quantitative estimate of drug-likeness (QED) is 0.457. The highest BCUT2D eigenvalue weighted by atomic mass is 28.4. The van der Waals surface area contributed by atoms with Crippen molar-refractivity contribution >= 4 is 8.32 Å². The maximum absolute atomic E-state index is 10.6. The normalized spacial score (nSPS) is 26.8. The van der Waals surface area contributed by atoms with Gasteiger partial charge in [-0.2, -0.15) is 0 Å². The van der Waals surface area contributed by atoms with Gasteiger partial charge in [-0.25, -0.2) is 0 Å². The van der Waals surface area contributed by atoms with Crippen LogP contribution in [0.5, 0.6) is 0 Å². The molecule has 2 N–H and O–H groups in total. The van der Waals surface area contributed by atoms with Crippen molar-refractivity contribution in [2.45, 2.75) is 103 Å². The summed E-state index contributed by atoms with van der Waals surface area (Å²) in [4.78, 5) is 0. The van der Waals surface area contributed by atoms with Gasteiger partial charge in [0.1, 0.15) is 0 Å². The summed E-state index contributed by atoms with van der Waals surface area (Å²) >= 11 is 0. The standard InChI is InChI=1S/C19H40O4Si/c1-11(2)24(12(3)4,13(5)6)22-10-17(20)14(7)18(21)15(8)19-16(9)23-19/h11-21H,10H2,1-9H3/t14-,15+,16-,17+,18-,19+/m1/s1. The highest BCUT2D eigenvalue weighted by Gasteiger charge is 2.47. The van der Waals surface area contributed by atoms with Gasteiger partial charge in [-0.05, 0) is 23.5 Å². The zero-order chi connectivity index (χ0) is 18.8. The highest BCUT2D eigenvalue weighted by Crippen LogP contribution is 2.42. The molecular formula is C19H40O4Si. The maximum Gasteiger partial charge on any atom is 0.200 e. The van der Waals surface area contributed by atoms with Gasteiger partial charge in [0.2, 0.25) is 0 Å². The molecule has 0 aromatic carbocycles. The van der Waals surface area contributed by atoms with E-state index in [-0.39, 0.29) is 24.0 Å². The third-order valence-electron chi connectivity index (χ3n) is 6.17. The summed E-state index contributed by atoms with van der Waals surface area (Å²) in [6, 6.07) is 0. The number of ether oxygens (including phenoxy) is 1. The Morgan fingerprint density at radius 1 is 0.917 bits per heavy atom. The van der Waals surface area contributed by atoms with E-state index >= 15 is 0 Å². The van der Waals surface area contributed by atoms with Gasteiger partial charge in [-0.15, -0.1) is 0 Å². The van der Waals surface area contributed by atoms with Crippen LogP contribution in [0.4, 0.5) is 0 Å². The van der Waals surface area contributed by atoms with Crippen molar-refractivity contribution in [2.75, 3.05) is 6.61 Å². The van der Waals surface area contributed by atoms with Crippen molar-refractivity contribution < 1.29 is 19.4 Å². The van der Waals surface area contributed by atoms with E-state index in [0.717, 1.165) is 0 Å². The number of epoxide rings is 1. The van der Waals surface area contributed by atoms with Crippen LogP contribution in [-0.4, -0.2) is 49.6 Å². The Balaban J connectivity index is 2.69. The Labute approximate surface area is 150 Å². The topological polar surface area (TPSA) is 62.2 Å². The molecule has 0 aromatic heterocycles. The first kappa shape index (κ1) is 22.1. The fourth-order valence-corrected chi connectivity index (χ4v) is 10.00. The molecule has 0 saturated carbocycles. The molecule has 0 aromatic rings. The predicted octanol–water partition coefficient (Wildman–Crippen LogP) is 3.96. The molecule has 0 bridgehead atoms. The molecule has 0 spiro atoms. The molecule has 1 rings (SSSR count). The van der Waals surface area contributed by atoms with Gasteiger partial charge in [-0.3, -0.25) is 0 Å². The number of aliphatic hydroxyl groups excluding tert-OH is 2. The van der Waals surface area contributed by atoms with Crippen LogP contribution < -0.4 is 0 Å². The van der Waals surface area contributed by atoms with Gasteiger partial charge in [-0.1, -0.05) is 55.4 Å². The Hall–Kier alpha value is 0.0569. The van der Waals surface area contributed by atoms with E-state index in [0.29, 0.717) is 23.2 Å². The molecule has 1 aliphatic rings. The molecule has 1 heterocycles. The van der Waals surface area contributed by atoms with Crippen LogP contribution in [0, 0.1) is 11.8 Å². The lowest BCUT2D eigenvalue weighted by atomic mass is 9.87. The summed E-state index contributed by atoms with van der Waals surface area (Å²) in [5.74, 6) is -0.193. The second-order valence-electron chi connectivity index (χ2n) is 8.71. The largest absolute Gasteiger partial charge is 0.413 e. The van der Waals surface area contributed by atoms with Crippen molar-refractivity contribution in [3.8, 4) is 0 Å². The number of rotatable bonds is 10. The van der Waals surface area contributed by atoms with E-state index in [1.54, 1.807) is 0 Å². The monoisotopic (exact) mass is 360 g/mol. The van der Waals surface area contributed by atoms with Gasteiger partial charge in [0.15, 0.2) is 8.32 Å². The number of aliphatic hydroxyl groups is 2. The molecule has 144 valence electrons. The average Bonchev–Trinajstić information content (AvgIpc) is 3.21. The molecule has 5 heteroatoms. The number of hydrogen-bond donors (Lipinski definition) is 2. The fourth-order valence-electron chi connectivity index (χ4n) is 4.54. The van der Waals surface area contributed by atoms with E-state index < -0.39 is 20.5 Å². The SMILES string of the molecule is CC(C)[Si](OC[C@H](O)[C@@H](C)[C@@H](O)[C@H](C)[C@@H]1O[C@@H]1C)(C(C)C)C(C)C. The zero-order valence-corrected chi connectivity index (χ0v) is 18.1. The van der Waals surface area contributed by atoms with Crippen LogP contribution in [0.15, 0.2) is 0 Å². The number of hydrogen-bond acceptors (Lipinski definition) is 4. The summed E-state index contributed by atoms with van der Waals surface area (Å²) in [6.07, 6.45) is -0.893. The van der Waals surface area contributed by atoms with Crippen LogP contribution >= 0.6 is 0 Å². The van der Waals surface area contributed by atoms with Crippen LogP contribution in [0.3, 0.4) is 0 Å². The lowest BCUT2D eigenvalue weighted by molar-refractivity contribution is -0.0312. The molecule has 24 heavy (non-hydrogen) atoms. The average molecular weight is 361 g/mol. The van der Waals surface area contributed by atoms with Crippen LogP contribution in [0.1, 0.15) is 62.3 Å². The van der Waals surface area contributed by atoms with Crippen molar-refractivity contribution in [3.63, 3.8) is 0 Å². The smallest absolute Gasteiger partial charge is 0.200 e. The van der Waals surface area contributed by atoms with Gasteiger partial charge < -0.3 is 19.4 Å². The van der Waals surface area contributed by atoms with Crippen molar-refractivity contribution in [2.24, 2.45) is 11.8 Å². The fraction of sp³-hybridized carbons (Fsp3) is 1.00. The van der Waals surface area contributed by atoms with Gasteiger partial charge >= 0.3 is 0 Å². The van der Waals surface area contributed by atoms with Gasteiger partial charge in [0, 0.05) is 11.8 Å². The summed E-state index contributed by atoms with van der Waals surface area (Å²) in [6.45, 7) is 19.7. The lowest BCUT2D eigenvalue weighted by Gasteiger charge is -2.43. The molecule has 6 atom stereocenters. The van der Waals surface area contributed by atoms with E-state index in [4.69, 9.17) is 9.16 Å². The molecule has 1 saturated heterocycles. The second kappa shape index (κ2) is 8.63. The van der Waals surface area contributed by atoms with Crippen LogP contribution in [0.2, 0.25) is 16.6 Å². The molecule has 0 radical (unpaired) electrons. The highest BCUT2D eigenvalue weighted by molar-refractivity contribution is 6.77. The van der Waals surface area contributed by atoms with Crippen LogP contribution in [-0.2, 0) is 9.16 Å². The van der Waals surface area contributed by atoms with Gasteiger partial charge in [0.25, 0.3) is 0 Å². The Bertz CT molecular complexity index is 364. The maximum atomic E-state index is 10.6. The van der Waals surface area contributed by atoms with E-state index in [9.17, 15) is 10.2 Å². The minimum atomic E-state index is -1.98. The summed E-state index contributed by atoms with van der Waals surface area (Å²) in [5, 5.41) is 21.2. The van der Waals surface area contributed by atoms with Gasteiger partial charge in [0.05, 0.1) is 31.0 Å². The molecule has 1 aliphatic heterocycles. The first-order valence-electron chi connectivity index (χ1n) is 9.62. The molecule has 0 amide bonds. The van der Waals surface area contributed by atoms with Crippen LogP contribution in [0.25, 0.3) is 0 Å². The lowest BCUT2D eigenvalue weighted by Crippen LogP contribution is -2.50. The Kier molecular flexibility index (Phi) is 7.94. The van der Waals surface area contributed by atoms with Crippen molar-refractivity contribution in [1.29, 1.82) is 0 Å². The predicted molar refractivity (Wildman–Crippen MR) is 102 cm³/mol. The first-order chi connectivity index (χ1) is 11.0. The molecular weight excluding hydrogens is 320 g/mol. The summed E-state index contributed by atoms with van der Waals surface area (Å²) < 4.78 is 11.9. The minimum Gasteiger partial charge on any atom is -0.413 e. The minimum absolute atomic E-state index is 0.0342. The Morgan fingerprint density at radius 2 is 1.33 bits per heavy atom. The van der Waals surface area contributed by atoms with E-state index in [1.807, 2.05) is 20.8 Å². The third kappa shape index (κ3) is 4.61. The van der Waals surface area contributed by atoms with E-state index in [1.165, 1.54) is 0 Å². The molecule has 0 unspecified atom stereocenters. The first-order valence-corrected chi connectivity index (χ1v) is 11.8. The summed E-state index contributed by atoms with van der Waals surface area (Å²) in [7, 11) is -1.98. The molecule has 4 nitrogen and oxygen atoms in total. The third-order valence-corrected chi connectivity index (χ3v) is 12.3. The van der Waals surface area contributed by atoms with E-state index in [2.05, 4.69) is 41.5 Å². The van der Waals surface area contributed by atoms with Crippen molar-refractivity contribution in [1.82, 2.24) is 0 Å². The zero-order valence-electron chi connectivity index (χ0n) is 17.1.